The minimum Gasteiger partial charge on any atom is -0.323 e. The quantitative estimate of drug-likeness (QED) is 0.908. The van der Waals surface area contributed by atoms with Crippen molar-refractivity contribution < 1.29 is 0 Å². The molecule has 0 fully saturated rings. The van der Waals surface area contributed by atoms with Crippen molar-refractivity contribution in [3.05, 3.63) is 37.2 Å². The van der Waals surface area contributed by atoms with E-state index in [1.165, 1.54) is 0 Å². The summed E-state index contributed by atoms with van der Waals surface area (Å²) in [7, 11) is 1.91. The Morgan fingerprint density at radius 3 is 2.81 bits per heavy atom. The molecule has 0 saturated heterocycles. The predicted octanol–water partition coefficient (Wildman–Crippen LogP) is 3.25. The maximum absolute atomic E-state index is 6.14. The molecule has 2 aromatic rings. The van der Waals surface area contributed by atoms with Crippen LogP contribution < -0.4 is 5.73 Å². The standard InChI is InChI=1S/C10H11Br2N3S/c1-15-3-2-6(14-15)4-8(13)9-5-7(11)10(12)16-9/h2-3,5,8H,4,13H2,1H3. The van der Waals surface area contributed by atoms with Gasteiger partial charge in [-0.2, -0.15) is 5.10 Å². The predicted molar refractivity (Wildman–Crippen MR) is 73.6 cm³/mol. The summed E-state index contributed by atoms with van der Waals surface area (Å²) in [6.45, 7) is 0. The van der Waals surface area contributed by atoms with Crippen LogP contribution in [0.5, 0.6) is 0 Å². The van der Waals surface area contributed by atoms with E-state index in [0.29, 0.717) is 0 Å². The Labute approximate surface area is 115 Å². The first-order valence-electron chi connectivity index (χ1n) is 4.75. The molecule has 0 radical (unpaired) electrons. The van der Waals surface area contributed by atoms with Gasteiger partial charge in [-0.3, -0.25) is 4.68 Å². The van der Waals surface area contributed by atoms with Crippen molar-refractivity contribution in [2.75, 3.05) is 0 Å². The molecule has 2 aromatic heterocycles. The van der Waals surface area contributed by atoms with Gasteiger partial charge in [-0.25, -0.2) is 0 Å². The van der Waals surface area contributed by atoms with E-state index in [1.807, 2.05) is 19.3 Å². The Hall–Kier alpha value is -0.170. The maximum Gasteiger partial charge on any atom is 0.0843 e. The Balaban J connectivity index is 2.11. The molecular weight excluding hydrogens is 354 g/mol. The molecule has 1 atom stereocenters. The fraction of sp³-hybridized carbons (Fsp3) is 0.300. The largest absolute Gasteiger partial charge is 0.323 e. The molecule has 86 valence electrons. The molecule has 3 nitrogen and oxygen atoms in total. The van der Waals surface area contributed by atoms with Crippen LogP contribution >= 0.6 is 43.2 Å². The Morgan fingerprint density at radius 1 is 1.56 bits per heavy atom. The summed E-state index contributed by atoms with van der Waals surface area (Å²) in [6, 6.07) is 4.06. The van der Waals surface area contributed by atoms with Gasteiger partial charge in [-0.05, 0) is 44.0 Å². The molecule has 0 bridgehead atoms. The van der Waals surface area contributed by atoms with Crippen LogP contribution in [0.15, 0.2) is 26.6 Å². The summed E-state index contributed by atoms with van der Waals surface area (Å²) in [5.41, 5.74) is 7.16. The van der Waals surface area contributed by atoms with Crippen molar-refractivity contribution in [3.8, 4) is 0 Å². The topological polar surface area (TPSA) is 43.8 Å². The van der Waals surface area contributed by atoms with E-state index < -0.39 is 0 Å². The minimum absolute atomic E-state index is 0.00231. The van der Waals surface area contributed by atoms with Crippen molar-refractivity contribution in [2.24, 2.45) is 12.8 Å². The van der Waals surface area contributed by atoms with Gasteiger partial charge in [0.1, 0.15) is 0 Å². The van der Waals surface area contributed by atoms with Crippen LogP contribution in [0.1, 0.15) is 16.6 Å². The van der Waals surface area contributed by atoms with E-state index in [2.05, 4.69) is 43.0 Å². The monoisotopic (exact) mass is 363 g/mol. The highest BCUT2D eigenvalue weighted by Crippen LogP contribution is 2.35. The second-order valence-corrected chi connectivity index (χ2v) is 6.82. The first kappa shape index (κ1) is 12.3. The average molecular weight is 365 g/mol. The zero-order chi connectivity index (χ0) is 11.7. The maximum atomic E-state index is 6.14. The van der Waals surface area contributed by atoms with Gasteiger partial charge in [0, 0.05) is 35.1 Å². The fourth-order valence-corrected chi connectivity index (χ4v) is 3.53. The van der Waals surface area contributed by atoms with Crippen molar-refractivity contribution in [2.45, 2.75) is 12.5 Å². The summed E-state index contributed by atoms with van der Waals surface area (Å²) in [6.07, 6.45) is 2.70. The number of rotatable bonds is 3. The normalized spacial score (nSPS) is 13.0. The number of nitrogens with two attached hydrogens (primary N) is 1. The van der Waals surface area contributed by atoms with Crippen molar-refractivity contribution in [1.82, 2.24) is 9.78 Å². The molecule has 0 amide bonds. The van der Waals surface area contributed by atoms with Gasteiger partial charge >= 0.3 is 0 Å². The van der Waals surface area contributed by atoms with E-state index in [9.17, 15) is 0 Å². The Kier molecular flexibility index (Phi) is 3.84. The number of aromatic nitrogens is 2. The van der Waals surface area contributed by atoms with Gasteiger partial charge in [0.2, 0.25) is 0 Å². The lowest BCUT2D eigenvalue weighted by Crippen LogP contribution is -2.12. The van der Waals surface area contributed by atoms with Gasteiger partial charge in [0.25, 0.3) is 0 Å². The van der Waals surface area contributed by atoms with Crippen LogP contribution in [0, 0.1) is 0 Å². The smallest absolute Gasteiger partial charge is 0.0843 e. The molecule has 0 saturated carbocycles. The van der Waals surface area contributed by atoms with Gasteiger partial charge in [0.15, 0.2) is 0 Å². The van der Waals surface area contributed by atoms with E-state index in [4.69, 9.17) is 5.73 Å². The second kappa shape index (κ2) is 5.00. The zero-order valence-electron chi connectivity index (χ0n) is 8.65. The second-order valence-electron chi connectivity index (χ2n) is 3.56. The van der Waals surface area contributed by atoms with Crippen LogP contribution in [0.25, 0.3) is 0 Å². The fourth-order valence-electron chi connectivity index (χ4n) is 1.44. The molecular formula is C10H11Br2N3S. The van der Waals surface area contributed by atoms with Crippen LogP contribution in [-0.2, 0) is 13.5 Å². The average Bonchev–Trinajstić information content (AvgIpc) is 2.75. The molecule has 2 heterocycles. The molecule has 1 unspecified atom stereocenters. The van der Waals surface area contributed by atoms with Crippen LogP contribution in [0.4, 0.5) is 0 Å². The molecule has 2 rings (SSSR count). The summed E-state index contributed by atoms with van der Waals surface area (Å²) in [5.74, 6) is 0. The summed E-state index contributed by atoms with van der Waals surface area (Å²) in [5, 5.41) is 4.32. The van der Waals surface area contributed by atoms with E-state index in [0.717, 1.165) is 25.3 Å². The highest BCUT2D eigenvalue weighted by atomic mass is 79.9. The highest BCUT2D eigenvalue weighted by molar-refractivity contribution is 9.13. The van der Waals surface area contributed by atoms with E-state index >= 15 is 0 Å². The molecule has 6 heteroatoms. The summed E-state index contributed by atoms with van der Waals surface area (Å²) in [4.78, 5) is 1.16. The SMILES string of the molecule is Cn1ccc(CC(N)c2cc(Br)c(Br)s2)n1. The van der Waals surface area contributed by atoms with E-state index in [1.54, 1.807) is 16.0 Å². The number of aryl methyl sites for hydroxylation is 1. The molecule has 0 aliphatic heterocycles. The zero-order valence-corrected chi connectivity index (χ0v) is 12.6. The molecule has 0 spiro atoms. The lowest BCUT2D eigenvalue weighted by atomic mass is 10.1. The Bertz CT molecular complexity index is 472. The van der Waals surface area contributed by atoms with Crippen molar-refractivity contribution in [3.63, 3.8) is 0 Å². The molecule has 0 aromatic carbocycles. The van der Waals surface area contributed by atoms with E-state index in [-0.39, 0.29) is 6.04 Å². The van der Waals surface area contributed by atoms with Crippen molar-refractivity contribution >= 4 is 43.2 Å². The summed E-state index contributed by atoms with van der Waals surface area (Å²) < 4.78 is 3.94. The van der Waals surface area contributed by atoms with Crippen LogP contribution in [0.2, 0.25) is 0 Å². The number of hydrogen-bond acceptors (Lipinski definition) is 3. The number of halogens is 2. The van der Waals surface area contributed by atoms with Crippen LogP contribution in [0.3, 0.4) is 0 Å². The van der Waals surface area contributed by atoms with Crippen molar-refractivity contribution in [1.29, 1.82) is 0 Å². The third-order valence-electron chi connectivity index (χ3n) is 2.23. The molecule has 16 heavy (non-hydrogen) atoms. The first-order valence-corrected chi connectivity index (χ1v) is 7.15. The van der Waals surface area contributed by atoms with Crippen LogP contribution in [-0.4, -0.2) is 9.78 Å². The third kappa shape index (κ3) is 2.74. The lowest BCUT2D eigenvalue weighted by molar-refractivity contribution is 0.683. The number of thiophene rings is 1. The highest BCUT2D eigenvalue weighted by Gasteiger charge is 2.13. The molecule has 0 aliphatic rings. The first-order chi connectivity index (χ1) is 7.56. The minimum atomic E-state index is 0.00231. The van der Waals surface area contributed by atoms with Gasteiger partial charge < -0.3 is 5.73 Å². The van der Waals surface area contributed by atoms with Gasteiger partial charge in [-0.15, -0.1) is 11.3 Å². The Morgan fingerprint density at radius 2 is 2.31 bits per heavy atom. The lowest BCUT2D eigenvalue weighted by Gasteiger charge is -2.06. The summed E-state index contributed by atoms with van der Waals surface area (Å²) >= 11 is 8.59. The van der Waals surface area contributed by atoms with Gasteiger partial charge in [-0.1, -0.05) is 0 Å². The number of hydrogen-bond donors (Lipinski definition) is 1. The number of nitrogens with zero attached hydrogens (tertiary/aromatic N) is 2. The van der Waals surface area contributed by atoms with Gasteiger partial charge in [0.05, 0.1) is 9.48 Å². The third-order valence-corrected chi connectivity index (χ3v) is 5.62. The molecule has 0 aliphatic carbocycles. The molecule has 2 N–H and O–H groups in total.